The van der Waals surface area contributed by atoms with Gasteiger partial charge >= 0.3 is 0 Å². The van der Waals surface area contributed by atoms with Crippen molar-refractivity contribution < 1.29 is 14.3 Å². The first-order valence-corrected chi connectivity index (χ1v) is 7.64. The third kappa shape index (κ3) is 4.55. The van der Waals surface area contributed by atoms with Crippen LogP contribution in [-0.4, -0.2) is 19.5 Å². The predicted molar refractivity (Wildman–Crippen MR) is 79.7 cm³/mol. The number of hydrogen-bond donors (Lipinski definition) is 0. The molecule has 110 valence electrons. The normalized spacial score (nSPS) is 21.1. The van der Waals surface area contributed by atoms with Crippen LogP contribution in [-0.2, 0) is 0 Å². The Morgan fingerprint density at radius 3 is 2.30 bits per heavy atom. The van der Waals surface area contributed by atoms with Gasteiger partial charge in [0.15, 0.2) is 11.5 Å². The fourth-order valence-corrected chi connectivity index (χ4v) is 2.53. The van der Waals surface area contributed by atoms with Crippen molar-refractivity contribution in [3.05, 3.63) is 23.8 Å². The van der Waals surface area contributed by atoms with E-state index in [9.17, 15) is 4.79 Å². The van der Waals surface area contributed by atoms with E-state index in [1.807, 2.05) is 6.07 Å². The van der Waals surface area contributed by atoms with Gasteiger partial charge in [-0.2, -0.15) is 0 Å². The highest BCUT2D eigenvalue weighted by atomic mass is 16.5. The minimum Gasteiger partial charge on any atom is -0.490 e. The molecule has 1 aliphatic heterocycles. The fourth-order valence-electron chi connectivity index (χ4n) is 2.53. The van der Waals surface area contributed by atoms with Gasteiger partial charge in [0.1, 0.15) is 6.29 Å². The van der Waals surface area contributed by atoms with Crippen LogP contribution in [0.15, 0.2) is 18.2 Å². The Kier molecular flexibility index (Phi) is 5.90. The van der Waals surface area contributed by atoms with Gasteiger partial charge in [0.25, 0.3) is 0 Å². The first-order chi connectivity index (χ1) is 9.79. The second-order valence-corrected chi connectivity index (χ2v) is 5.62. The zero-order valence-electron chi connectivity index (χ0n) is 12.3. The van der Waals surface area contributed by atoms with Crippen LogP contribution in [0.1, 0.15) is 55.8 Å². The molecule has 0 spiro atoms. The van der Waals surface area contributed by atoms with Crippen molar-refractivity contribution >= 4 is 6.29 Å². The second kappa shape index (κ2) is 7.93. The number of aldehydes is 1. The summed E-state index contributed by atoms with van der Waals surface area (Å²) >= 11 is 0. The lowest BCUT2D eigenvalue weighted by Crippen LogP contribution is -2.02. The quantitative estimate of drug-likeness (QED) is 0.719. The lowest BCUT2D eigenvalue weighted by Gasteiger charge is -2.12. The molecule has 0 fully saturated rings. The van der Waals surface area contributed by atoms with Gasteiger partial charge in [-0.25, -0.2) is 0 Å². The monoisotopic (exact) mass is 276 g/mol. The van der Waals surface area contributed by atoms with Gasteiger partial charge in [-0.3, -0.25) is 4.79 Å². The summed E-state index contributed by atoms with van der Waals surface area (Å²) < 4.78 is 11.6. The standard InChI is InChI=1S/C17H24O3/c1-14-6-2-4-10-19-16-9-8-15(13-18)12-17(16)20-11-5-3-7-14/h8-9,12-14H,2-7,10-11H2,1H3. The van der Waals surface area contributed by atoms with Gasteiger partial charge in [0.05, 0.1) is 13.2 Å². The van der Waals surface area contributed by atoms with Gasteiger partial charge in [0.2, 0.25) is 0 Å². The minimum absolute atomic E-state index is 0.630. The van der Waals surface area contributed by atoms with E-state index >= 15 is 0 Å². The molecule has 3 nitrogen and oxygen atoms in total. The molecule has 0 N–H and O–H groups in total. The van der Waals surface area contributed by atoms with E-state index in [0.717, 1.165) is 30.8 Å². The highest BCUT2D eigenvalue weighted by molar-refractivity contribution is 5.76. The lowest BCUT2D eigenvalue weighted by atomic mass is 9.98. The minimum atomic E-state index is 0.630. The van der Waals surface area contributed by atoms with Crippen molar-refractivity contribution in [3.63, 3.8) is 0 Å². The molecule has 0 bridgehead atoms. The molecule has 1 aromatic rings. The molecule has 1 aromatic carbocycles. The molecule has 0 saturated carbocycles. The molecular formula is C17H24O3. The maximum Gasteiger partial charge on any atom is 0.161 e. The van der Waals surface area contributed by atoms with Crippen LogP contribution in [0, 0.1) is 5.92 Å². The fraction of sp³-hybridized carbons (Fsp3) is 0.588. The average Bonchev–Trinajstić information content (AvgIpc) is 2.48. The summed E-state index contributed by atoms with van der Waals surface area (Å²) in [4.78, 5) is 10.9. The Balaban J connectivity index is 2.04. The number of fused-ring (bicyclic) bond motifs is 1. The van der Waals surface area contributed by atoms with Gasteiger partial charge in [-0.15, -0.1) is 0 Å². The number of carbonyl (C=O) groups excluding carboxylic acids is 1. The van der Waals surface area contributed by atoms with Crippen molar-refractivity contribution in [1.82, 2.24) is 0 Å². The molecule has 0 saturated heterocycles. The number of rotatable bonds is 1. The Hall–Kier alpha value is -1.51. The van der Waals surface area contributed by atoms with Crippen LogP contribution in [0.25, 0.3) is 0 Å². The van der Waals surface area contributed by atoms with E-state index in [0.29, 0.717) is 24.5 Å². The van der Waals surface area contributed by atoms with E-state index in [1.54, 1.807) is 12.1 Å². The zero-order chi connectivity index (χ0) is 14.2. The molecule has 0 aromatic heterocycles. The molecule has 1 heterocycles. The average molecular weight is 276 g/mol. The summed E-state index contributed by atoms with van der Waals surface area (Å²) in [6.07, 6.45) is 7.92. The molecule has 1 aliphatic rings. The largest absolute Gasteiger partial charge is 0.490 e. The van der Waals surface area contributed by atoms with Gasteiger partial charge in [-0.1, -0.05) is 19.8 Å². The number of benzene rings is 1. The van der Waals surface area contributed by atoms with Crippen molar-refractivity contribution in [2.45, 2.75) is 45.4 Å². The molecule has 20 heavy (non-hydrogen) atoms. The van der Waals surface area contributed by atoms with Crippen molar-refractivity contribution in [2.75, 3.05) is 13.2 Å². The molecule has 1 atom stereocenters. The number of carbonyl (C=O) groups is 1. The van der Waals surface area contributed by atoms with Gasteiger partial charge in [-0.05, 0) is 49.8 Å². The third-order valence-electron chi connectivity index (χ3n) is 3.80. The lowest BCUT2D eigenvalue weighted by molar-refractivity contribution is 0.112. The number of ether oxygens (including phenoxy) is 2. The summed E-state index contributed by atoms with van der Waals surface area (Å²) in [6.45, 7) is 3.72. The summed E-state index contributed by atoms with van der Waals surface area (Å²) in [5, 5.41) is 0. The van der Waals surface area contributed by atoms with E-state index < -0.39 is 0 Å². The Morgan fingerprint density at radius 1 is 1.00 bits per heavy atom. The predicted octanol–water partition coefficient (Wildman–Crippen LogP) is 4.25. The smallest absolute Gasteiger partial charge is 0.161 e. The van der Waals surface area contributed by atoms with Crippen LogP contribution >= 0.6 is 0 Å². The van der Waals surface area contributed by atoms with E-state index in [-0.39, 0.29) is 0 Å². The Labute approximate surface area is 121 Å². The molecule has 0 radical (unpaired) electrons. The second-order valence-electron chi connectivity index (χ2n) is 5.62. The molecule has 0 aliphatic carbocycles. The molecule has 0 amide bonds. The van der Waals surface area contributed by atoms with Crippen LogP contribution in [0.4, 0.5) is 0 Å². The van der Waals surface area contributed by atoms with E-state index in [2.05, 4.69) is 6.92 Å². The van der Waals surface area contributed by atoms with Crippen molar-refractivity contribution in [1.29, 1.82) is 0 Å². The molecular weight excluding hydrogens is 252 g/mol. The van der Waals surface area contributed by atoms with Gasteiger partial charge in [0, 0.05) is 5.56 Å². The van der Waals surface area contributed by atoms with Crippen LogP contribution < -0.4 is 9.47 Å². The molecule has 2 rings (SSSR count). The number of hydrogen-bond acceptors (Lipinski definition) is 3. The topological polar surface area (TPSA) is 35.5 Å². The molecule has 1 unspecified atom stereocenters. The van der Waals surface area contributed by atoms with E-state index in [1.165, 1.54) is 25.7 Å². The van der Waals surface area contributed by atoms with Crippen LogP contribution in [0.5, 0.6) is 11.5 Å². The maximum absolute atomic E-state index is 10.9. The Morgan fingerprint density at radius 2 is 1.65 bits per heavy atom. The summed E-state index contributed by atoms with van der Waals surface area (Å²) in [7, 11) is 0. The summed E-state index contributed by atoms with van der Waals surface area (Å²) in [6, 6.07) is 5.38. The first-order valence-electron chi connectivity index (χ1n) is 7.64. The summed E-state index contributed by atoms with van der Waals surface area (Å²) in [5.74, 6) is 2.24. The van der Waals surface area contributed by atoms with Crippen molar-refractivity contribution in [2.24, 2.45) is 5.92 Å². The van der Waals surface area contributed by atoms with Crippen LogP contribution in [0.3, 0.4) is 0 Å². The van der Waals surface area contributed by atoms with Crippen LogP contribution in [0.2, 0.25) is 0 Å². The Bertz CT molecular complexity index is 428. The van der Waals surface area contributed by atoms with Gasteiger partial charge < -0.3 is 9.47 Å². The SMILES string of the molecule is CC1CCCCOc2ccc(C=O)cc2OCCCC1. The highest BCUT2D eigenvalue weighted by Gasteiger charge is 2.09. The summed E-state index contributed by atoms with van der Waals surface area (Å²) in [5.41, 5.74) is 0.630. The third-order valence-corrected chi connectivity index (χ3v) is 3.80. The van der Waals surface area contributed by atoms with Crippen molar-refractivity contribution in [3.8, 4) is 11.5 Å². The highest BCUT2D eigenvalue weighted by Crippen LogP contribution is 2.29. The maximum atomic E-state index is 10.9. The first kappa shape index (κ1) is 14.9. The zero-order valence-corrected chi connectivity index (χ0v) is 12.3. The van der Waals surface area contributed by atoms with E-state index in [4.69, 9.17) is 9.47 Å². The molecule has 3 heteroatoms.